The van der Waals surface area contributed by atoms with Gasteiger partial charge in [-0.05, 0) is 6.92 Å². The third-order valence-electron chi connectivity index (χ3n) is 2.60. The van der Waals surface area contributed by atoms with Crippen LogP contribution >= 0.6 is 0 Å². The zero-order valence-corrected chi connectivity index (χ0v) is 11.2. The van der Waals surface area contributed by atoms with Crippen molar-refractivity contribution < 1.29 is 13.5 Å². The summed E-state index contributed by atoms with van der Waals surface area (Å²) in [5.74, 6) is 0. The van der Waals surface area contributed by atoms with E-state index in [4.69, 9.17) is 5.11 Å². The molecular formula is C10H15N5O3S. The average Bonchev–Trinajstić information content (AvgIpc) is 2.98. The van der Waals surface area contributed by atoms with E-state index in [1.165, 1.54) is 0 Å². The van der Waals surface area contributed by atoms with E-state index in [2.05, 4.69) is 19.9 Å². The molecule has 0 unspecified atom stereocenters. The minimum absolute atomic E-state index is 0.0145. The van der Waals surface area contributed by atoms with Crippen LogP contribution in [0.4, 0.5) is 0 Å². The molecule has 2 aromatic heterocycles. The number of sulfonamides is 1. The molecule has 2 rings (SSSR count). The predicted octanol–water partition coefficient (Wildman–Crippen LogP) is -0.615. The Bertz CT molecular complexity index is 632. The number of imidazole rings is 1. The van der Waals surface area contributed by atoms with Gasteiger partial charge in [-0.1, -0.05) is 0 Å². The van der Waals surface area contributed by atoms with E-state index in [0.717, 1.165) is 0 Å². The molecule has 0 saturated heterocycles. The maximum atomic E-state index is 12.1. The fraction of sp³-hybridized carbons (Fsp3) is 0.400. The lowest BCUT2D eigenvalue weighted by atomic mass is 10.4. The maximum absolute atomic E-state index is 12.1. The molecule has 9 heteroatoms. The molecule has 2 heterocycles. The second-order valence-electron chi connectivity index (χ2n) is 3.98. The van der Waals surface area contributed by atoms with E-state index in [1.54, 1.807) is 30.2 Å². The molecule has 0 aromatic carbocycles. The number of hydrogen-bond acceptors (Lipinski definition) is 5. The highest BCUT2D eigenvalue weighted by Crippen LogP contribution is 2.16. The van der Waals surface area contributed by atoms with Crippen LogP contribution in [0.15, 0.2) is 23.6 Å². The summed E-state index contributed by atoms with van der Waals surface area (Å²) >= 11 is 0. The first kappa shape index (κ1) is 13.7. The van der Waals surface area contributed by atoms with Crippen LogP contribution in [0.3, 0.4) is 0 Å². The maximum Gasteiger partial charge on any atom is 0.244 e. The van der Waals surface area contributed by atoms with Crippen LogP contribution in [0.25, 0.3) is 0 Å². The summed E-state index contributed by atoms with van der Waals surface area (Å²) in [6, 6.07) is 0. The number of H-pyrrole nitrogens is 1. The number of hydrogen-bond donors (Lipinski definition) is 3. The minimum atomic E-state index is -3.68. The Hall–Kier alpha value is -1.71. The molecule has 0 aliphatic carbocycles. The van der Waals surface area contributed by atoms with Crippen LogP contribution in [0.2, 0.25) is 0 Å². The molecule has 3 N–H and O–H groups in total. The van der Waals surface area contributed by atoms with Gasteiger partial charge in [0.2, 0.25) is 10.0 Å². The topological polar surface area (TPSA) is 113 Å². The zero-order valence-electron chi connectivity index (χ0n) is 10.4. The second-order valence-corrected chi connectivity index (χ2v) is 5.68. The van der Waals surface area contributed by atoms with Crippen molar-refractivity contribution in [1.82, 2.24) is 24.5 Å². The van der Waals surface area contributed by atoms with Crippen LogP contribution in [0.1, 0.15) is 11.4 Å². The van der Waals surface area contributed by atoms with Gasteiger partial charge in [-0.25, -0.2) is 18.1 Å². The number of aliphatic hydroxyl groups excluding tert-OH is 1. The van der Waals surface area contributed by atoms with E-state index in [1.807, 2.05) is 0 Å². The highest BCUT2D eigenvalue weighted by atomic mass is 32.2. The number of rotatable bonds is 6. The Morgan fingerprint density at radius 3 is 2.95 bits per heavy atom. The fourth-order valence-corrected chi connectivity index (χ4v) is 3.11. The number of aromatic nitrogens is 4. The summed E-state index contributed by atoms with van der Waals surface area (Å²) in [5, 5.41) is 15.4. The molecule has 2 aromatic rings. The van der Waals surface area contributed by atoms with Gasteiger partial charge >= 0.3 is 0 Å². The first-order valence-electron chi connectivity index (χ1n) is 5.64. The fourth-order valence-electron chi connectivity index (χ4n) is 1.73. The first-order chi connectivity index (χ1) is 9.04. The molecule has 0 fully saturated rings. The lowest BCUT2D eigenvalue weighted by Gasteiger charge is -2.07. The van der Waals surface area contributed by atoms with Gasteiger partial charge in [0.25, 0.3) is 0 Å². The molecule has 104 valence electrons. The molecule has 0 amide bonds. The van der Waals surface area contributed by atoms with Crippen LogP contribution in [0.5, 0.6) is 0 Å². The highest BCUT2D eigenvalue weighted by molar-refractivity contribution is 7.89. The monoisotopic (exact) mass is 285 g/mol. The van der Waals surface area contributed by atoms with Gasteiger partial charge in [-0.3, -0.25) is 5.10 Å². The summed E-state index contributed by atoms with van der Waals surface area (Å²) in [5.41, 5.74) is 0.520. The van der Waals surface area contributed by atoms with Crippen LogP contribution in [-0.2, 0) is 23.2 Å². The molecule has 0 bridgehead atoms. The molecular weight excluding hydrogens is 270 g/mol. The number of nitrogens with zero attached hydrogens (tertiary/aromatic N) is 3. The molecule has 0 aliphatic heterocycles. The van der Waals surface area contributed by atoms with Crippen LogP contribution < -0.4 is 4.72 Å². The number of aromatic amines is 1. The largest absolute Gasteiger partial charge is 0.390 e. The summed E-state index contributed by atoms with van der Waals surface area (Å²) in [7, 11) is -3.68. The molecule has 0 spiro atoms. The Labute approximate surface area is 110 Å². The van der Waals surface area contributed by atoms with Gasteiger partial charge < -0.3 is 9.67 Å². The van der Waals surface area contributed by atoms with Crippen LogP contribution in [-0.4, -0.2) is 39.8 Å². The molecule has 0 saturated carbocycles. The first-order valence-corrected chi connectivity index (χ1v) is 7.13. The van der Waals surface area contributed by atoms with E-state index >= 15 is 0 Å². The zero-order chi connectivity index (χ0) is 13.9. The standard InChI is InChI=1S/C10H15N5O3S/c1-8-10(9(6-16)14-13-8)19(17,18)12-3-5-15-4-2-11-7-15/h2,4,7,12,16H,3,5-6H2,1H3,(H,13,14). The van der Waals surface area contributed by atoms with Gasteiger partial charge in [0, 0.05) is 25.5 Å². The summed E-state index contributed by atoms with van der Waals surface area (Å²) in [4.78, 5) is 3.88. The van der Waals surface area contributed by atoms with Crippen molar-refractivity contribution in [2.24, 2.45) is 0 Å². The van der Waals surface area contributed by atoms with Crippen molar-refractivity contribution in [1.29, 1.82) is 0 Å². The van der Waals surface area contributed by atoms with Crippen molar-refractivity contribution >= 4 is 10.0 Å². The van der Waals surface area contributed by atoms with E-state index in [-0.39, 0.29) is 17.1 Å². The normalized spacial score (nSPS) is 11.9. The van der Waals surface area contributed by atoms with Gasteiger partial charge in [0.15, 0.2) is 0 Å². The predicted molar refractivity (Wildman–Crippen MR) is 66.7 cm³/mol. The highest BCUT2D eigenvalue weighted by Gasteiger charge is 2.23. The van der Waals surface area contributed by atoms with E-state index in [9.17, 15) is 8.42 Å². The third kappa shape index (κ3) is 3.00. The van der Waals surface area contributed by atoms with Crippen LogP contribution in [0, 0.1) is 6.92 Å². The SMILES string of the molecule is Cc1[nH]nc(CO)c1S(=O)(=O)NCCn1ccnc1. The van der Waals surface area contributed by atoms with Gasteiger partial charge in [-0.2, -0.15) is 5.10 Å². The van der Waals surface area contributed by atoms with Gasteiger partial charge in [-0.15, -0.1) is 0 Å². The lowest BCUT2D eigenvalue weighted by Crippen LogP contribution is -2.28. The van der Waals surface area contributed by atoms with Crippen molar-refractivity contribution in [3.63, 3.8) is 0 Å². The van der Waals surface area contributed by atoms with E-state index in [0.29, 0.717) is 12.2 Å². The van der Waals surface area contributed by atoms with Crippen molar-refractivity contribution in [3.8, 4) is 0 Å². The average molecular weight is 285 g/mol. The quantitative estimate of drug-likeness (QED) is 0.655. The minimum Gasteiger partial charge on any atom is -0.390 e. The molecule has 19 heavy (non-hydrogen) atoms. The summed E-state index contributed by atoms with van der Waals surface area (Å²) < 4.78 is 28.5. The van der Waals surface area contributed by atoms with Gasteiger partial charge in [0.05, 0.1) is 18.6 Å². The Morgan fingerprint density at radius 2 is 2.32 bits per heavy atom. The van der Waals surface area contributed by atoms with Crippen molar-refractivity contribution in [3.05, 3.63) is 30.1 Å². The molecule has 0 atom stereocenters. The Morgan fingerprint density at radius 1 is 1.53 bits per heavy atom. The van der Waals surface area contributed by atoms with Crippen molar-refractivity contribution in [2.75, 3.05) is 6.54 Å². The Balaban J connectivity index is 2.07. The van der Waals surface area contributed by atoms with Gasteiger partial charge in [0.1, 0.15) is 10.6 Å². The number of aryl methyl sites for hydroxylation is 1. The summed E-state index contributed by atoms with van der Waals surface area (Å²) in [6.45, 7) is 1.87. The van der Waals surface area contributed by atoms with E-state index < -0.39 is 16.6 Å². The Kier molecular flexibility index (Phi) is 3.98. The molecule has 0 aliphatic rings. The number of aliphatic hydroxyl groups is 1. The third-order valence-corrected chi connectivity index (χ3v) is 4.26. The van der Waals surface area contributed by atoms with Crippen molar-refractivity contribution in [2.45, 2.75) is 25.0 Å². The molecule has 0 radical (unpaired) electrons. The smallest absolute Gasteiger partial charge is 0.244 e. The lowest BCUT2D eigenvalue weighted by molar-refractivity contribution is 0.273. The second kappa shape index (κ2) is 5.51. The number of nitrogens with one attached hydrogen (secondary N) is 2. The molecule has 8 nitrogen and oxygen atoms in total. The summed E-state index contributed by atoms with van der Waals surface area (Å²) in [6.07, 6.45) is 4.98.